The molecule has 1 unspecified atom stereocenters. The van der Waals surface area contributed by atoms with Crippen LogP contribution < -0.4 is 20.3 Å². The third-order valence-corrected chi connectivity index (χ3v) is 4.57. The fourth-order valence-electron chi connectivity index (χ4n) is 3.20. The fourth-order valence-corrected chi connectivity index (χ4v) is 3.20. The Labute approximate surface area is 176 Å². The van der Waals surface area contributed by atoms with E-state index in [9.17, 15) is 22.8 Å². The molecule has 1 aromatic carbocycles. The summed E-state index contributed by atoms with van der Waals surface area (Å²) >= 11 is 0. The topological polar surface area (TPSA) is 83.6 Å². The molecular formula is C21H21F3N4O3. The van der Waals surface area contributed by atoms with Gasteiger partial charge in [-0.15, -0.1) is 13.2 Å². The lowest BCUT2D eigenvalue weighted by Crippen LogP contribution is -2.48. The Hall–Kier alpha value is -3.56. The van der Waals surface area contributed by atoms with Crippen LogP contribution in [0.5, 0.6) is 5.75 Å². The summed E-state index contributed by atoms with van der Waals surface area (Å²) in [4.78, 5) is 30.6. The monoisotopic (exact) mass is 434 g/mol. The van der Waals surface area contributed by atoms with Crippen molar-refractivity contribution < 1.29 is 27.5 Å². The number of aromatic nitrogens is 1. The van der Waals surface area contributed by atoms with Crippen molar-refractivity contribution in [1.29, 1.82) is 0 Å². The van der Waals surface area contributed by atoms with Crippen LogP contribution in [-0.2, 0) is 4.79 Å². The van der Waals surface area contributed by atoms with Gasteiger partial charge in [-0.3, -0.25) is 9.69 Å². The van der Waals surface area contributed by atoms with Gasteiger partial charge < -0.3 is 15.4 Å². The molecule has 0 bridgehead atoms. The Balaban J connectivity index is 1.81. The number of alkyl halides is 3. The SMILES string of the molecule is C=Cc1ccc2c(n1)N(C(=O)NC(CCC)c1ccc(OC(F)(F)F)cc1)CC(=O)N2. The van der Waals surface area contributed by atoms with Crippen molar-refractivity contribution in [3.63, 3.8) is 0 Å². The second kappa shape index (κ2) is 9.07. The van der Waals surface area contributed by atoms with Crippen LogP contribution in [0.1, 0.15) is 37.1 Å². The predicted octanol–water partition coefficient (Wildman–Crippen LogP) is 4.63. The number of anilines is 2. The Morgan fingerprint density at radius 2 is 2.03 bits per heavy atom. The summed E-state index contributed by atoms with van der Waals surface area (Å²) in [6, 6.07) is 7.60. The molecule has 1 aliphatic rings. The molecule has 0 saturated heterocycles. The highest BCUT2D eigenvalue weighted by molar-refractivity contribution is 6.08. The van der Waals surface area contributed by atoms with Gasteiger partial charge in [0.2, 0.25) is 5.91 Å². The number of nitrogens with one attached hydrogen (secondary N) is 2. The van der Waals surface area contributed by atoms with E-state index in [1.807, 2.05) is 6.92 Å². The number of hydrogen-bond donors (Lipinski definition) is 2. The van der Waals surface area contributed by atoms with E-state index >= 15 is 0 Å². The van der Waals surface area contributed by atoms with Crippen LogP contribution in [0.4, 0.5) is 29.5 Å². The Bertz CT molecular complexity index is 977. The molecule has 0 fully saturated rings. The number of amides is 3. The first kappa shape index (κ1) is 22.1. The molecule has 1 aromatic heterocycles. The molecule has 10 heteroatoms. The first-order chi connectivity index (χ1) is 14.7. The molecule has 7 nitrogen and oxygen atoms in total. The van der Waals surface area contributed by atoms with Gasteiger partial charge in [0, 0.05) is 0 Å². The number of rotatable bonds is 6. The third-order valence-electron chi connectivity index (χ3n) is 4.57. The fraction of sp³-hybridized carbons (Fsp3) is 0.286. The van der Waals surface area contributed by atoms with Crippen molar-refractivity contribution in [1.82, 2.24) is 10.3 Å². The van der Waals surface area contributed by atoms with Gasteiger partial charge in [-0.25, -0.2) is 9.78 Å². The molecule has 0 radical (unpaired) electrons. The number of ether oxygens (including phenoxy) is 1. The van der Waals surface area contributed by atoms with Crippen LogP contribution in [0, 0.1) is 0 Å². The van der Waals surface area contributed by atoms with Gasteiger partial charge in [0.05, 0.1) is 17.4 Å². The maximum Gasteiger partial charge on any atom is 0.573 e. The van der Waals surface area contributed by atoms with Crippen molar-refractivity contribution in [3.8, 4) is 5.75 Å². The number of pyridine rings is 1. The van der Waals surface area contributed by atoms with Crippen LogP contribution in [0.25, 0.3) is 6.08 Å². The average molecular weight is 434 g/mol. The highest BCUT2D eigenvalue weighted by Gasteiger charge is 2.32. The minimum atomic E-state index is -4.78. The van der Waals surface area contributed by atoms with E-state index in [0.29, 0.717) is 35.6 Å². The van der Waals surface area contributed by atoms with Crippen molar-refractivity contribution in [2.75, 3.05) is 16.8 Å². The van der Waals surface area contributed by atoms with Crippen LogP contribution in [0.2, 0.25) is 0 Å². The van der Waals surface area contributed by atoms with E-state index in [1.165, 1.54) is 35.2 Å². The average Bonchev–Trinajstić information content (AvgIpc) is 2.72. The zero-order valence-electron chi connectivity index (χ0n) is 16.7. The van der Waals surface area contributed by atoms with Gasteiger partial charge in [-0.05, 0) is 42.3 Å². The summed E-state index contributed by atoms with van der Waals surface area (Å²) in [6.45, 7) is 5.36. The summed E-state index contributed by atoms with van der Waals surface area (Å²) in [5, 5.41) is 5.52. The zero-order chi connectivity index (χ0) is 22.6. The first-order valence-electron chi connectivity index (χ1n) is 9.57. The van der Waals surface area contributed by atoms with Gasteiger partial charge in [-0.2, -0.15) is 0 Å². The second-order valence-corrected chi connectivity index (χ2v) is 6.85. The van der Waals surface area contributed by atoms with Gasteiger partial charge >= 0.3 is 12.4 Å². The van der Waals surface area contributed by atoms with Crippen molar-refractivity contribution >= 4 is 29.5 Å². The maximum atomic E-state index is 13.0. The minimum absolute atomic E-state index is 0.219. The molecule has 0 aliphatic carbocycles. The summed E-state index contributed by atoms with van der Waals surface area (Å²) in [7, 11) is 0. The standard InChI is InChI=1S/C21H21F3N4O3/c1-3-5-16(13-6-9-15(10-7-13)31-21(22,23)24)27-20(30)28-12-18(29)26-17-11-8-14(4-2)25-19(17)28/h4,6-11,16H,2-3,5,12H2,1H3,(H,26,29)(H,27,30). The van der Waals surface area contributed by atoms with Crippen LogP contribution >= 0.6 is 0 Å². The number of carbonyl (C=O) groups is 2. The number of urea groups is 1. The molecule has 1 atom stereocenters. The molecule has 0 saturated carbocycles. The number of halogens is 3. The molecule has 0 spiro atoms. The lowest BCUT2D eigenvalue weighted by atomic mass is 10.0. The normalized spacial score (nSPS) is 14.3. The van der Waals surface area contributed by atoms with Gasteiger partial charge in [-0.1, -0.05) is 32.1 Å². The summed E-state index contributed by atoms with van der Waals surface area (Å²) < 4.78 is 41.0. The number of hydrogen-bond acceptors (Lipinski definition) is 4. The quantitative estimate of drug-likeness (QED) is 0.694. The highest BCUT2D eigenvalue weighted by Crippen LogP contribution is 2.29. The lowest BCUT2D eigenvalue weighted by Gasteiger charge is -2.30. The molecule has 3 amide bonds. The molecule has 2 N–H and O–H groups in total. The largest absolute Gasteiger partial charge is 0.573 e. The number of benzene rings is 1. The van der Waals surface area contributed by atoms with Gasteiger partial charge in [0.1, 0.15) is 12.3 Å². The van der Waals surface area contributed by atoms with Crippen LogP contribution in [0.3, 0.4) is 0 Å². The molecule has 164 valence electrons. The van der Waals surface area contributed by atoms with Gasteiger partial charge in [0.25, 0.3) is 0 Å². The number of carbonyl (C=O) groups excluding carboxylic acids is 2. The molecule has 3 rings (SSSR count). The Morgan fingerprint density at radius 1 is 1.32 bits per heavy atom. The number of nitrogens with zero attached hydrogens (tertiary/aromatic N) is 2. The number of fused-ring (bicyclic) bond motifs is 1. The highest BCUT2D eigenvalue weighted by atomic mass is 19.4. The molecule has 2 aromatic rings. The minimum Gasteiger partial charge on any atom is -0.406 e. The van der Waals surface area contributed by atoms with Gasteiger partial charge in [0.15, 0.2) is 5.82 Å². The van der Waals surface area contributed by atoms with Crippen LogP contribution in [-0.4, -0.2) is 29.8 Å². The van der Waals surface area contributed by atoms with E-state index < -0.39 is 18.4 Å². The summed E-state index contributed by atoms with van der Waals surface area (Å²) in [5.41, 5.74) is 1.55. The molecule has 1 aliphatic heterocycles. The molecule has 2 heterocycles. The van der Waals surface area contributed by atoms with Crippen molar-refractivity contribution in [2.24, 2.45) is 0 Å². The lowest BCUT2D eigenvalue weighted by molar-refractivity contribution is -0.274. The smallest absolute Gasteiger partial charge is 0.406 e. The van der Waals surface area contributed by atoms with Crippen molar-refractivity contribution in [2.45, 2.75) is 32.2 Å². The zero-order valence-corrected chi connectivity index (χ0v) is 16.7. The Kier molecular flexibility index (Phi) is 6.47. The maximum absolute atomic E-state index is 13.0. The summed E-state index contributed by atoms with van der Waals surface area (Å²) in [6.07, 6.45) is -2.00. The van der Waals surface area contributed by atoms with E-state index in [2.05, 4.69) is 26.9 Å². The van der Waals surface area contributed by atoms with Crippen molar-refractivity contribution in [3.05, 3.63) is 54.2 Å². The van der Waals surface area contributed by atoms with E-state index in [1.54, 1.807) is 12.1 Å². The predicted molar refractivity (Wildman–Crippen MR) is 110 cm³/mol. The van der Waals surface area contributed by atoms with E-state index in [0.717, 1.165) is 0 Å². The molecule has 31 heavy (non-hydrogen) atoms. The second-order valence-electron chi connectivity index (χ2n) is 6.85. The van der Waals surface area contributed by atoms with E-state index in [-0.39, 0.29) is 18.2 Å². The van der Waals surface area contributed by atoms with Crippen LogP contribution in [0.15, 0.2) is 43.0 Å². The third kappa shape index (κ3) is 5.53. The molecular weight excluding hydrogens is 413 g/mol. The van der Waals surface area contributed by atoms with E-state index in [4.69, 9.17) is 0 Å². The first-order valence-corrected chi connectivity index (χ1v) is 9.57. The Morgan fingerprint density at radius 3 is 2.65 bits per heavy atom. The summed E-state index contributed by atoms with van der Waals surface area (Å²) in [5.74, 6) is -0.421.